The Morgan fingerprint density at radius 3 is 2.59 bits per heavy atom. The van der Waals surface area contributed by atoms with Gasteiger partial charge in [-0.1, -0.05) is 18.2 Å². The van der Waals surface area contributed by atoms with Gasteiger partial charge in [-0.25, -0.2) is 0 Å². The van der Waals surface area contributed by atoms with Crippen molar-refractivity contribution in [3.05, 3.63) is 63.0 Å². The Hall–Kier alpha value is -2.76. The Labute approximate surface area is 128 Å². The highest BCUT2D eigenvalue weighted by Gasteiger charge is 2.16. The van der Waals surface area contributed by atoms with E-state index in [0.717, 1.165) is 17.0 Å². The number of nitro groups is 1. The fourth-order valence-electron chi connectivity index (χ4n) is 2.41. The number of nitrogens with zero attached hydrogens (tertiary/aromatic N) is 2. The van der Waals surface area contributed by atoms with Gasteiger partial charge in [-0.15, -0.1) is 0 Å². The molecule has 0 saturated heterocycles. The Balaban J connectivity index is 2.20. The van der Waals surface area contributed by atoms with E-state index in [2.05, 4.69) is 10.3 Å². The smallest absolute Gasteiger partial charge is 0.273 e. The zero-order valence-corrected chi connectivity index (χ0v) is 12.7. The maximum atomic E-state index is 12.2. The van der Waals surface area contributed by atoms with Crippen molar-refractivity contribution in [3.63, 3.8) is 0 Å². The summed E-state index contributed by atoms with van der Waals surface area (Å²) in [6, 6.07) is 8.13. The Kier molecular flexibility index (Phi) is 4.50. The minimum absolute atomic E-state index is 0.0480. The van der Waals surface area contributed by atoms with Crippen LogP contribution in [0.4, 0.5) is 11.4 Å². The van der Waals surface area contributed by atoms with E-state index in [0.29, 0.717) is 11.3 Å². The van der Waals surface area contributed by atoms with E-state index in [1.165, 1.54) is 6.07 Å². The molecule has 6 nitrogen and oxygen atoms in total. The van der Waals surface area contributed by atoms with Gasteiger partial charge in [-0.05, 0) is 32.4 Å². The SMILES string of the molecule is Cc1cc(C)c(NC(=O)Cc2ccccc2[N+](=O)[O-])c(C)n1. The predicted octanol–water partition coefficient (Wildman–Crippen LogP) is 3.10. The van der Waals surface area contributed by atoms with Gasteiger partial charge in [-0.3, -0.25) is 19.9 Å². The molecule has 0 aliphatic rings. The molecule has 6 heteroatoms. The van der Waals surface area contributed by atoms with Crippen molar-refractivity contribution in [3.8, 4) is 0 Å². The van der Waals surface area contributed by atoms with Crippen LogP contribution < -0.4 is 5.32 Å². The predicted molar refractivity (Wildman–Crippen MR) is 83.9 cm³/mol. The summed E-state index contributed by atoms with van der Waals surface area (Å²) in [5.74, 6) is -0.300. The van der Waals surface area contributed by atoms with Crippen LogP contribution in [0.3, 0.4) is 0 Å². The second-order valence-electron chi connectivity index (χ2n) is 5.15. The monoisotopic (exact) mass is 299 g/mol. The number of rotatable bonds is 4. The topological polar surface area (TPSA) is 85.1 Å². The summed E-state index contributed by atoms with van der Waals surface area (Å²) in [5, 5.41) is 13.8. The number of amides is 1. The van der Waals surface area contributed by atoms with Gasteiger partial charge in [0.2, 0.25) is 5.91 Å². The molecule has 1 amide bonds. The number of hydrogen-bond acceptors (Lipinski definition) is 4. The maximum absolute atomic E-state index is 12.2. The summed E-state index contributed by atoms with van der Waals surface area (Å²) in [7, 11) is 0. The number of pyridine rings is 1. The van der Waals surface area contributed by atoms with E-state index in [9.17, 15) is 14.9 Å². The van der Waals surface area contributed by atoms with Crippen LogP contribution in [-0.2, 0) is 11.2 Å². The van der Waals surface area contributed by atoms with Crippen LogP contribution in [0.5, 0.6) is 0 Å². The highest BCUT2D eigenvalue weighted by Crippen LogP contribution is 2.21. The first-order valence-electron chi connectivity index (χ1n) is 6.85. The molecule has 2 rings (SSSR count). The second-order valence-corrected chi connectivity index (χ2v) is 5.15. The molecule has 1 aromatic carbocycles. The van der Waals surface area contributed by atoms with E-state index in [4.69, 9.17) is 0 Å². The molecule has 0 aliphatic heterocycles. The fourth-order valence-corrected chi connectivity index (χ4v) is 2.41. The maximum Gasteiger partial charge on any atom is 0.273 e. The number of hydrogen-bond donors (Lipinski definition) is 1. The van der Waals surface area contributed by atoms with E-state index in [-0.39, 0.29) is 18.0 Å². The van der Waals surface area contributed by atoms with Gasteiger partial charge in [0.15, 0.2) is 0 Å². The molecule has 22 heavy (non-hydrogen) atoms. The van der Waals surface area contributed by atoms with Crippen molar-refractivity contribution in [1.29, 1.82) is 0 Å². The van der Waals surface area contributed by atoms with Crippen LogP contribution in [0, 0.1) is 30.9 Å². The molecule has 1 heterocycles. The number of aryl methyl sites for hydroxylation is 3. The molecule has 0 atom stereocenters. The molecule has 1 N–H and O–H groups in total. The molecule has 0 fully saturated rings. The molecular weight excluding hydrogens is 282 g/mol. The van der Waals surface area contributed by atoms with Crippen molar-refractivity contribution in [2.24, 2.45) is 0 Å². The summed E-state index contributed by atoms with van der Waals surface area (Å²) in [6.45, 7) is 5.60. The molecule has 0 bridgehead atoms. The van der Waals surface area contributed by atoms with Gasteiger partial charge >= 0.3 is 0 Å². The molecule has 0 unspecified atom stereocenters. The number of benzene rings is 1. The summed E-state index contributed by atoms with van der Waals surface area (Å²) in [5.41, 5.74) is 3.53. The highest BCUT2D eigenvalue weighted by atomic mass is 16.6. The van der Waals surface area contributed by atoms with E-state index in [1.54, 1.807) is 18.2 Å². The molecule has 0 saturated carbocycles. The highest BCUT2D eigenvalue weighted by molar-refractivity contribution is 5.94. The average molecular weight is 299 g/mol. The number of anilines is 1. The lowest BCUT2D eigenvalue weighted by Gasteiger charge is -2.12. The van der Waals surface area contributed by atoms with Gasteiger partial charge in [0.25, 0.3) is 5.69 Å². The molecular formula is C16H17N3O3. The molecule has 0 spiro atoms. The Morgan fingerprint density at radius 1 is 1.27 bits per heavy atom. The third kappa shape index (κ3) is 3.46. The van der Waals surface area contributed by atoms with Gasteiger partial charge in [0.05, 0.1) is 22.7 Å². The minimum Gasteiger partial charge on any atom is -0.324 e. The van der Waals surface area contributed by atoms with Crippen LogP contribution in [-0.4, -0.2) is 15.8 Å². The Bertz CT molecular complexity index is 718. The number of carbonyl (C=O) groups is 1. The number of carbonyl (C=O) groups excluding carboxylic acids is 1. The summed E-state index contributed by atoms with van der Waals surface area (Å²) in [4.78, 5) is 27.0. The van der Waals surface area contributed by atoms with Gasteiger partial charge in [0, 0.05) is 17.3 Å². The van der Waals surface area contributed by atoms with Gasteiger partial charge in [0.1, 0.15) is 0 Å². The molecule has 1 aromatic heterocycles. The normalized spacial score (nSPS) is 10.3. The van der Waals surface area contributed by atoms with E-state index >= 15 is 0 Å². The quantitative estimate of drug-likeness (QED) is 0.694. The molecule has 114 valence electrons. The van der Waals surface area contributed by atoms with E-state index < -0.39 is 4.92 Å². The van der Waals surface area contributed by atoms with Gasteiger partial charge in [-0.2, -0.15) is 0 Å². The summed E-state index contributed by atoms with van der Waals surface area (Å²) >= 11 is 0. The standard InChI is InChI=1S/C16H17N3O3/c1-10-8-11(2)17-12(3)16(10)18-15(20)9-13-6-4-5-7-14(13)19(21)22/h4-8H,9H2,1-3H3,(H,18,20). The fraction of sp³-hybridized carbons (Fsp3) is 0.250. The molecule has 0 radical (unpaired) electrons. The number of aromatic nitrogens is 1. The Morgan fingerprint density at radius 2 is 1.95 bits per heavy atom. The number of para-hydroxylation sites is 1. The first-order valence-corrected chi connectivity index (χ1v) is 6.85. The van der Waals surface area contributed by atoms with Gasteiger partial charge < -0.3 is 5.32 Å². The lowest BCUT2D eigenvalue weighted by atomic mass is 10.1. The van der Waals surface area contributed by atoms with Crippen LogP contribution in [0.1, 0.15) is 22.5 Å². The van der Waals surface area contributed by atoms with Crippen molar-refractivity contribution in [2.45, 2.75) is 27.2 Å². The first-order chi connectivity index (χ1) is 10.4. The first kappa shape index (κ1) is 15.6. The third-order valence-electron chi connectivity index (χ3n) is 3.33. The number of nitrogens with one attached hydrogen (secondary N) is 1. The second kappa shape index (κ2) is 6.34. The molecule has 2 aromatic rings. The van der Waals surface area contributed by atoms with Crippen molar-refractivity contribution < 1.29 is 9.72 Å². The van der Waals surface area contributed by atoms with Crippen LogP contribution >= 0.6 is 0 Å². The summed E-state index contributed by atoms with van der Waals surface area (Å²) in [6.07, 6.45) is -0.0517. The average Bonchev–Trinajstić information content (AvgIpc) is 2.43. The number of nitro benzene ring substituents is 1. The van der Waals surface area contributed by atoms with Crippen molar-refractivity contribution >= 4 is 17.3 Å². The van der Waals surface area contributed by atoms with Crippen molar-refractivity contribution in [1.82, 2.24) is 4.98 Å². The van der Waals surface area contributed by atoms with Crippen LogP contribution in [0.2, 0.25) is 0 Å². The minimum atomic E-state index is -0.480. The van der Waals surface area contributed by atoms with Crippen LogP contribution in [0.15, 0.2) is 30.3 Å². The van der Waals surface area contributed by atoms with Crippen molar-refractivity contribution in [2.75, 3.05) is 5.32 Å². The zero-order chi connectivity index (χ0) is 16.3. The third-order valence-corrected chi connectivity index (χ3v) is 3.33. The van der Waals surface area contributed by atoms with Crippen LogP contribution in [0.25, 0.3) is 0 Å². The largest absolute Gasteiger partial charge is 0.324 e. The lowest BCUT2D eigenvalue weighted by molar-refractivity contribution is -0.385. The molecule has 0 aliphatic carbocycles. The summed E-state index contributed by atoms with van der Waals surface area (Å²) < 4.78 is 0. The lowest BCUT2D eigenvalue weighted by Crippen LogP contribution is -2.17. The zero-order valence-electron chi connectivity index (χ0n) is 12.7. The van der Waals surface area contributed by atoms with E-state index in [1.807, 2.05) is 26.8 Å².